The molecule has 14 heavy (non-hydrogen) atoms. The van der Waals surface area contributed by atoms with Gasteiger partial charge in [0.2, 0.25) is 0 Å². The Morgan fingerprint density at radius 3 is 2.71 bits per heavy atom. The first-order chi connectivity index (χ1) is 6.77. The molecule has 1 aromatic rings. The summed E-state index contributed by atoms with van der Waals surface area (Å²) in [6.45, 7) is 3.44. The van der Waals surface area contributed by atoms with Crippen molar-refractivity contribution >= 4 is 17.6 Å². The molecule has 0 bridgehead atoms. The Kier molecular flexibility index (Phi) is 2.74. The Bertz CT molecular complexity index is 305. The van der Waals surface area contributed by atoms with E-state index in [-0.39, 0.29) is 5.91 Å². The van der Waals surface area contributed by atoms with Crippen molar-refractivity contribution in [2.45, 2.75) is 0 Å². The van der Waals surface area contributed by atoms with Crippen LogP contribution in [0.3, 0.4) is 0 Å². The molecular weight excluding hydrogens is 200 g/mol. The molecule has 0 atom stereocenters. The van der Waals surface area contributed by atoms with Crippen molar-refractivity contribution in [3.8, 4) is 0 Å². The van der Waals surface area contributed by atoms with Gasteiger partial charge < -0.3 is 9.80 Å². The average Bonchev–Trinajstić information content (AvgIpc) is 2.71. The van der Waals surface area contributed by atoms with Gasteiger partial charge in [-0.1, -0.05) is 0 Å². The Hall–Kier alpha value is -1.01. The quantitative estimate of drug-likeness (QED) is 0.653. The van der Waals surface area contributed by atoms with Crippen LogP contribution in [0.4, 0.5) is 0 Å². The fourth-order valence-corrected chi connectivity index (χ4v) is 1.84. The Labute approximate surface area is 86.7 Å². The Balaban J connectivity index is 1.99. The third-order valence-electron chi connectivity index (χ3n) is 2.37. The summed E-state index contributed by atoms with van der Waals surface area (Å²) in [6.07, 6.45) is 1.53. The predicted molar refractivity (Wildman–Crippen MR) is 53.3 cm³/mol. The fourth-order valence-electron chi connectivity index (χ4n) is 1.43. The molecule has 1 amide bonds. The molecule has 0 N–H and O–H groups in total. The number of likely N-dealkylation sites (N-methyl/N-ethyl adjacent to an activating group) is 1. The van der Waals surface area contributed by atoms with Gasteiger partial charge in [-0.25, -0.2) is 0 Å². The lowest BCUT2D eigenvalue weighted by Gasteiger charge is -2.31. The van der Waals surface area contributed by atoms with E-state index >= 15 is 0 Å². The van der Waals surface area contributed by atoms with Gasteiger partial charge in [-0.3, -0.25) is 4.79 Å². The highest BCUT2D eigenvalue weighted by molar-refractivity contribution is 6.99. The summed E-state index contributed by atoms with van der Waals surface area (Å²) in [4.78, 5) is 15.8. The molecule has 1 fully saturated rings. The first-order valence-electron chi connectivity index (χ1n) is 4.53. The van der Waals surface area contributed by atoms with Crippen molar-refractivity contribution in [1.82, 2.24) is 18.5 Å². The highest BCUT2D eigenvalue weighted by atomic mass is 32.1. The van der Waals surface area contributed by atoms with E-state index < -0.39 is 0 Å². The molecule has 0 aromatic carbocycles. The maximum absolute atomic E-state index is 11.8. The highest BCUT2D eigenvalue weighted by Gasteiger charge is 2.21. The molecule has 1 aromatic heterocycles. The number of piperazine rings is 1. The lowest BCUT2D eigenvalue weighted by molar-refractivity contribution is 0.0659. The van der Waals surface area contributed by atoms with Crippen LogP contribution in [-0.2, 0) is 0 Å². The lowest BCUT2D eigenvalue weighted by Crippen LogP contribution is -2.47. The van der Waals surface area contributed by atoms with Crippen molar-refractivity contribution in [1.29, 1.82) is 0 Å². The topological polar surface area (TPSA) is 49.3 Å². The molecule has 0 unspecified atom stereocenters. The Morgan fingerprint density at radius 2 is 2.14 bits per heavy atom. The van der Waals surface area contributed by atoms with Crippen LogP contribution in [0.25, 0.3) is 0 Å². The second-order valence-electron chi connectivity index (χ2n) is 3.39. The summed E-state index contributed by atoms with van der Waals surface area (Å²) in [5.41, 5.74) is 0.472. The normalized spacial score (nSPS) is 18.5. The Morgan fingerprint density at radius 1 is 1.43 bits per heavy atom. The molecule has 0 aliphatic carbocycles. The lowest BCUT2D eigenvalue weighted by atomic mass is 10.3. The minimum Gasteiger partial charge on any atom is -0.335 e. The zero-order valence-corrected chi connectivity index (χ0v) is 8.83. The van der Waals surface area contributed by atoms with Gasteiger partial charge in [-0.2, -0.15) is 8.75 Å². The number of amides is 1. The van der Waals surface area contributed by atoms with E-state index in [0.717, 1.165) is 37.9 Å². The maximum atomic E-state index is 11.8. The third-order valence-corrected chi connectivity index (χ3v) is 2.85. The number of aromatic nitrogens is 2. The van der Waals surface area contributed by atoms with Crippen LogP contribution in [-0.4, -0.2) is 57.7 Å². The number of nitrogens with zero attached hydrogens (tertiary/aromatic N) is 4. The molecular formula is C8H12N4OS. The summed E-state index contributed by atoms with van der Waals surface area (Å²) in [5.74, 6) is 0.00634. The van der Waals surface area contributed by atoms with Crippen LogP contribution in [0.2, 0.25) is 0 Å². The molecule has 1 aliphatic rings. The van der Waals surface area contributed by atoms with Gasteiger partial charge in [0.25, 0.3) is 5.91 Å². The molecule has 1 saturated heterocycles. The molecule has 1 aliphatic heterocycles. The van der Waals surface area contributed by atoms with Crippen LogP contribution < -0.4 is 0 Å². The van der Waals surface area contributed by atoms with Crippen molar-refractivity contribution in [3.05, 3.63) is 11.9 Å². The predicted octanol–water partition coefficient (Wildman–Crippen LogP) is -0.0743. The summed E-state index contributed by atoms with van der Waals surface area (Å²) in [7, 11) is 2.06. The summed E-state index contributed by atoms with van der Waals surface area (Å²) in [6, 6.07) is 0. The number of rotatable bonds is 1. The molecule has 0 saturated carbocycles. The van der Waals surface area contributed by atoms with E-state index in [1.807, 2.05) is 4.90 Å². The first-order valence-corrected chi connectivity index (χ1v) is 5.26. The largest absolute Gasteiger partial charge is 0.335 e. The first kappa shape index (κ1) is 9.54. The fraction of sp³-hybridized carbons (Fsp3) is 0.625. The van der Waals surface area contributed by atoms with E-state index in [0.29, 0.717) is 5.69 Å². The number of carbonyl (C=O) groups excluding carboxylic acids is 1. The van der Waals surface area contributed by atoms with Crippen molar-refractivity contribution in [2.75, 3.05) is 33.2 Å². The number of hydrogen-bond acceptors (Lipinski definition) is 5. The number of carbonyl (C=O) groups is 1. The summed E-state index contributed by atoms with van der Waals surface area (Å²) < 4.78 is 7.76. The van der Waals surface area contributed by atoms with E-state index in [9.17, 15) is 4.79 Å². The van der Waals surface area contributed by atoms with Crippen LogP contribution in [0.5, 0.6) is 0 Å². The zero-order valence-electron chi connectivity index (χ0n) is 8.01. The van der Waals surface area contributed by atoms with E-state index in [2.05, 4.69) is 20.7 Å². The number of hydrogen-bond donors (Lipinski definition) is 0. The molecule has 76 valence electrons. The van der Waals surface area contributed by atoms with Gasteiger partial charge in [-0.15, -0.1) is 0 Å². The molecule has 5 nitrogen and oxygen atoms in total. The van der Waals surface area contributed by atoms with Crippen LogP contribution >= 0.6 is 11.7 Å². The molecule has 0 radical (unpaired) electrons. The third kappa shape index (κ3) is 1.91. The van der Waals surface area contributed by atoms with Gasteiger partial charge >= 0.3 is 0 Å². The van der Waals surface area contributed by atoms with E-state index in [4.69, 9.17) is 0 Å². The second-order valence-corrected chi connectivity index (χ2v) is 3.94. The minimum atomic E-state index is 0.00634. The standard InChI is InChI=1S/C8H12N4OS/c1-11-2-4-12(5-3-11)8(13)7-6-9-14-10-7/h6H,2-5H2,1H3. The molecule has 6 heteroatoms. The van der Waals surface area contributed by atoms with Gasteiger partial charge in [0, 0.05) is 26.2 Å². The second kappa shape index (κ2) is 4.02. The smallest absolute Gasteiger partial charge is 0.275 e. The SMILES string of the molecule is CN1CCN(C(=O)c2cnsn2)CC1. The van der Waals surface area contributed by atoms with Crippen molar-refractivity contribution in [2.24, 2.45) is 0 Å². The van der Waals surface area contributed by atoms with Crippen LogP contribution in [0, 0.1) is 0 Å². The average molecular weight is 212 g/mol. The minimum absolute atomic E-state index is 0.00634. The summed E-state index contributed by atoms with van der Waals surface area (Å²) in [5, 5.41) is 0. The van der Waals surface area contributed by atoms with Crippen molar-refractivity contribution in [3.63, 3.8) is 0 Å². The maximum Gasteiger partial charge on any atom is 0.275 e. The van der Waals surface area contributed by atoms with Gasteiger partial charge in [-0.05, 0) is 7.05 Å². The van der Waals surface area contributed by atoms with E-state index in [1.54, 1.807) is 0 Å². The van der Waals surface area contributed by atoms with Gasteiger partial charge in [0.15, 0.2) is 5.69 Å². The van der Waals surface area contributed by atoms with Crippen LogP contribution in [0.1, 0.15) is 10.5 Å². The van der Waals surface area contributed by atoms with E-state index in [1.165, 1.54) is 6.20 Å². The van der Waals surface area contributed by atoms with Gasteiger partial charge in [0.1, 0.15) is 0 Å². The zero-order chi connectivity index (χ0) is 9.97. The summed E-state index contributed by atoms with van der Waals surface area (Å²) >= 11 is 1.07. The molecule has 0 spiro atoms. The molecule has 2 rings (SSSR count). The van der Waals surface area contributed by atoms with Crippen molar-refractivity contribution < 1.29 is 4.79 Å². The van der Waals surface area contributed by atoms with Crippen LogP contribution in [0.15, 0.2) is 6.20 Å². The highest BCUT2D eigenvalue weighted by Crippen LogP contribution is 2.05. The molecule has 2 heterocycles. The van der Waals surface area contributed by atoms with Gasteiger partial charge in [0.05, 0.1) is 17.9 Å². The monoisotopic (exact) mass is 212 g/mol.